The molecule has 7 heteroatoms. The zero-order chi connectivity index (χ0) is 50.5. The zero-order valence-electron chi connectivity index (χ0n) is 45.0. The Morgan fingerprint density at radius 3 is 1.87 bits per heavy atom. The Bertz CT molecular complexity index is 4060. The maximum absolute atomic E-state index is 5.02. The van der Waals surface area contributed by atoms with Crippen LogP contribution in [-0.2, 0) is 70.8 Å². The second-order valence-electron chi connectivity index (χ2n) is 23.6. The van der Waals surface area contributed by atoms with Crippen molar-refractivity contribution in [1.29, 1.82) is 0 Å². The van der Waals surface area contributed by atoms with Gasteiger partial charge in [-0.2, -0.15) is 12.5 Å². The Hall–Kier alpha value is -5.62. The molecule has 0 saturated carbocycles. The molecule has 360 valence electrons. The number of fused-ring (bicyclic) bond motifs is 10. The summed E-state index contributed by atoms with van der Waals surface area (Å²) in [6.07, 6.45) is 0. The molecule has 13 rings (SSSR count). The summed E-state index contributed by atoms with van der Waals surface area (Å²) in [5.74, 6) is 0. The van der Waals surface area contributed by atoms with E-state index in [1.807, 2.05) is 11.3 Å². The van der Waals surface area contributed by atoms with E-state index in [0.29, 0.717) is 0 Å². The Labute approximate surface area is 488 Å². The molecule has 0 radical (unpaired) electrons. The van der Waals surface area contributed by atoms with Crippen LogP contribution in [0.4, 0.5) is 34.1 Å². The number of rotatable bonds is 4. The van der Waals surface area contributed by atoms with Crippen molar-refractivity contribution in [1.82, 2.24) is 4.57 Å². The molecule has 3 nitrogen and oxygen atoms in total. The van der Waals surface area contributed by atoms with E-state index in [1.54, 1.807) is 0 Å². The molecule has 0 bridgehead atoms. The second kappa shape index (κ2) is 18.5. The van der Waals surface area contributed by atoms with E-state index in [4.69, 9.17) is 6.92 Å². The van der Waals surface area contributed by atoms with Gasteiger partial charge < -0.3 is 26.5 Å². The maximum atomic E-state index is 5.02. The van der Waals surface area contributed by atoms with E-state index in [-0.39, 0.29) is 77.6 Å². The third kappa shape index (κ3) is 8.23. The van der Waals surface area contributed by atoms with E-state index in [0.717, 1.165) is 39.6 Å². The molecule has 2 aliphatic rings. The van der Waals surface area contributed by atoms with Gasteiger partial charge in [-0.1, -0.05) is 158 Å². The topological polar surface area (TPSA) is 11.4 Å². The van der Waals surface area contributed by atoms with Gasteiger partial charge in [0, 0.05) is 75.9 Å². The van der Waals surface area contributed by atoms with Crippen molar-refractivity contribution in [3.05, 3.63) is 211 Å². The fraction of sp³-hybridized carbons (Fsp3) is 0.191. The first-order valence-corrected chi connectivity index (χ1v) is 26.6. The van der Waals surface area contributed by atoms with Crippen LogP contribution in [0, 0.1) is 26.0 Å². The van der Waals surface area contributed by atoms with Gasteiger partial charge in [-0.3, -0.25) is 12.1 Å². The molecule has 0 unspecified atom stereocenters. The van der Waals surface area contributed by atoms with Crippen molar-refractivity contribution >= 4 is 111 Å². The Morgan fingerprint density at radius 1 is 0.533 bits per heavy atom. The molecule has 9 aromatic carbocycles. The van der Waals surface area contributed by atoms with Gasteiger partial charge in [0.15, 0.2) is 0 Å². The minimum absolute atomic E-state index is 0. The summed E-state index contributed by atoms with van der Waals surface area (Å²) < 4.78 is 5.08. The van der Waals surface area contributed by atoms with E-state index in [1.165, 1.54) is 97.6 Å². The summed E-state index contributed by atoms with van der Waals surface area (Å²) >= 11 is 1.85. The standard InChI is InChI=1S/C68H59BN3S.2Cd/c1-41-36-59-64-60(37-41)72(48-29-24-43(25-30-48)49-21-17-23-62-63(49)51-20-15-16-22-61(51)73-62)65-42(2)53(68(9,10)11)34-35-54(65)69(64)55-39-52-50-33-28-45(67(6,7)8)38-56(50)70(46-18-13-12-14-19-46)57(52)40-58(55)71(59)47-31-26-44(27-32-47)66(3,4)5;;/h12-28,31-40H,2H2,1,3-11H3;;/q-3;;+2. The maximum Gasteiger partial charge on any atom is 2.00 e. The van der Waals surface area contributed by atoms with Crippen LogP contribution in [0.15, 0.2) is 164 Å². The van der Waals surface area contributed by atoms with Crippen molar-refractivity contribution in [2.24, 2.45) is 0 Å². The predicted molar refractivity (Wildman–Crippen MR) is 316 cm³/mol. The van der Waals surface area contributed by atoms with E-state index in [9.17, 15) is 0 Å². The first kappa shape index (κ1) is 51.5. The average Bonchev–Trinajstić information content (AvgIpc) is 3.90. The minimum atomic E-state index is -0.146. The molecule has 4 heterocycles. The van der Waals surface area contributed by atoms with Gasteiger partial charge in [-0.15, -0.1) is 34.0 Å². The molecule has 0 aliphatic carbocycles. The van der Waals surface area contributed by atoms with E-state index < -0.39 is 0 Å². The van der Waals surface area contributed by atoms with E-state index in [2.05, 4.69) is 260 Å². The van der Waals surface area contributed by atoms with Gasteiger partial charge in [0.25, 0.3) is 0 Å². The molecule has 0 spiro atoms. The minimum Gasteiger partial charge on any atom is -0.412 e. The first-order chi connectivity index (χ1) is 34.9. The third-order valence-electron chi connectivity index (χ3n) is 15.7. The predicted octanol–water partition coefficient (Wildman–Crippen LogP) is 16.9. The fourth-order valence-electron chi connectivity index (χ4n) is 12.1. The molecule has 0 fully saturated rings. The molecule has 0 atom stereocenters. The van der Waals surface area contributed by atoms with Crippen molar-refractivity contribution < 1.29 is 54.6 Å². The quantitative estimate of drug-likeness (QED) is 0.129. The average molecular weight is 1190 g/mol. The number of aryl methyl sites for hydroxylation is 1. The summed E-state index contributed by atoms with van der Waals surface area (Å²) in [5.41, 5.74) is 22.2. The Kier molecular flexibility index (Phi) is 12.7. The first-order valence-electron chi connectivity index (χ1n) is 25.8. The van der Waals surface area contributed by atoms with Crippen LogP contribution in [0.1, 0.15) is 90.1 Å². The Morgan fingerprint density at radius 2 is 1.17 bits per heavy atom. The second-order valence-corrected chi connectivity index (χ2v) is 24.7. The fourth-order valence-corrected chi connectivity index (χ4v) is 13.3. The van der Waals surface area contributed by atoms with Crippen molar-refractivity contribution in [3.63, 3.8) is 0 Å². The van der Waals surface area contributed by atoms with Crippen LogP contribution in [0.25, 0.3) is 58.8 Å². The monoisotopic (exact) mass is 1190 g/mol. The molecule has 11 aromatic rings. The number of para-hydroxylation sites is 1. The largest absolute Gasteiger partial charge is 2.00 e. The molecule has 0 amide bonds. The number of nitrogens with zero attached hydrogens (tertiary/aromatic N) is 3. The van der Waals surface area contributed by atoms with Crippen LogP contribution in [-0.4, -0.2) is 11.3 Å². The number of benzene rings is 9. The summed E-state index contributed by atoms with van der Waals surface area (Å²) in [7, 11) is 0. The molecule has 2 aromatic heterocycles. The summed E-state index contributed by atoms with van der Waals surface area (Å²) in [6, 6.07) is 69.5. The number of hydrogen-bond acceptors (Lipinski definition) is 3. The third-order valence-corrected chi connectivity index (χ3v) is 16.8. The smallest absolute Gasteiger partial charge is 0.412 e. The van der Waals surface area contributed by atoms with Crippen LogP contribution < -0.4 is 26.2 Å². The van der Waals surface area contributed by atoms with Gasteiger partial charge >= 0.3 is 27.3 Å². The van der Waals surface area contributed by atoms with Gasteiger partial charge in [0.2, 0.25) is 6.71 Å². The summed E-state index contributed by atoms with van der Waals surface area (Å²) in [6.45, 7) is 27.9. The molecular formula is C68H59BCd2N3S-. The zero-order valence-corrected chi connectivity index (χ0v) is 53.9. The van der Waals surface area contributed by atoms with Crippen LogP contribution in [0.5, 0.6) is 0 Å². The number of thiophene rings is 1. The van der Waals surface area contributed by atoms with Crippen LogP contribution in [0.3, 0.4) is 0 Å². The number of aromatic nitrogens is 1. The van der Waals surface area contributed by atoms with Gasteiger partial charge in [0.1, 0.15) is 0 Å². The molecule has 0 N–H and O–H groups in total. The van der Waals surface area contributed by atoms with Crippen LogP contribution >= 0.6 is 11.3 Å². The van der Waals surface area contributed by atoms with Crippen molar-refractivity contribution in [2.45, 2.75) is 85.5 Å². The van der Waals surface area contributed by atoms with E-state index >= 15 is 0 Å². The SMILES string of the molecule is [CH2-]c1c(C(C)(C)C)ccc2c1N(c1[c-]cc(-c3cccc4sc5ccccc5c34)c[c-]1)c1cc(C)cc3c1B2c1cc2c4ccc(C(C)(C)C)cc4n(-c4ccccc4)c2cc1N3c1ccc(C(C)(C)C)cc1.[Cd+2].[Cd]. The number of anilines is 6. The molecule has 2 aliphatic heterocycles. The molecule has 75 heavy (non-hydrogen) atoms. The summed E-state index contributed by atoms with van der Waals surface area (Å²) in [5, 5.41) is 5.07. The molecule has 0 saturated heterocycles. The summed E-state index contributed by atoms with van der Waals surface area (Å²) in [4.78, 5) is 5.00. The van der Waals surface area contributed by atoms with Gasteiger partial charge in [0.05, 0.1) is 11.0 Å². The van der Waals surface area contributed by atoms with Crippen molar-refractivity contribution in [3.8, 4) is 16.8 Å². The van der Waals surface area contributed by atoms with Crippen LogP contribution in [0.2, 0.25) is 0 Å². The van der Waals surface area contributed by atoms with Gasteiger partial charge in [-0.25, -0.2) is 11.3 Å². The van der Waals surface area contributed by atoms with Crippen molar-refractivity contribution in [2.75, 3.05) is 9.80 Å². The normalized spacial score (nSPS) is 13.2. The Balaban J connectivity index is 0.00000301. The van der Waals surface area contributed by atoms with Gasteiger partial charge in [-0.05, 0) is 117 Å². The number of hydrogen-bond donors (Lipinski definition) is 0. The molecular weight excluding hydrogens is 1130 g/mol.